The molecule has 0 saturated heterocycles. The van der Waals surface area contributed by atoms with Crippen LogP contribution in [0.25, 0.3) is 0 Å². The SMILES string of the molecule is CCOC(=O)c1ccc(CS(=O)(=O)c2ccccc2C(=O)OCC)c([NH+]([O-])O)c1. The van der Waals surface area contributed by atoms with Gasteiger partial charge in [0, 0.05) is 11.6 Å². The Labute approximate surface area is 167 Å². The van der Waals surface area contributed by atoms with E-state index >= 15 is 0 Å². The molecule has 9 nitrogen and oxygen atoms in total. The number of carbonyl (C=O) groups is 2. The van der Waals surface area contributed by atoms with Crippen LogP contribution >= 0.6 is 0 Å². The highest BCUT2D eigenvalue weighted by Gasteiger charge is 2.26. The predicted molar refractivity (Wildman–Crippen MR) is 101 cm³/mol. The monoisotopic (exact) mass is 423 g/mol. The summed E-state index contributed by atoms with van der Waals surface area (Å²) in [6.45, 7) is 3.39. The van der Waals surface area contributed by atoms with Crippen molar-refractivity contribution in [2.45, 2.75) is 24.5 Å². The summed E-state index contributed by atoms with van der Waals surface area (Å²) < 4.78 is 35.6. The van der Waals surface area contributed by atoms with Gasteiger partial charge in [0.05, 0.1) is 35.0 Å². The molecule has 0 aromatic heterocycles. The van der Waals surface area contributed by atoms with Gasteiger partial charge in [-0.05, 0) is 32.0 Å². The molecule has 0 spiro atoms. The molecule has 1 unspecified atom stereocenters. The van der Waals surface area contributed by atoms with Gasteiger partial charge < -0.3 is 14.7 Å². The van der Waals surface area contributed by atoms with Crippen molar-refractivity contribution in [2.24, 2.45) is 0 Å². The third kappa shape index (κ3) is 5.39. The standard InChI is InChI=1S/C19H21NO8S/c1-3-27-18(21)13-9-10-14(16(11-13)20(23)24)12-29(25,26)17-8-6-5-7-15(17)19(22)28-4-2/h5-11,20,23H,3-4,12H2,1-2H3. The summed E-state index contributed by atoms with van der Waals surface area (Å²) in [6, 6.07) is 9.16. The number of quaternary nitrogens is 1. The molecule has 2 rings (SSSR count). The van der Waals surface area contributed by atoms with Crippen LogP contribution in [0, 0.1) is 5.21 Å². The normalized spacial score (nSPS) is 12.3. The Bertz CT molecular complexity index is 1000. The third-order valence-electron chi connectivity index (χ3n) is 3.91. The van der Waals surface area contributed by atoms with Gasteiger partial charge in [-0.2, -0.15) is 5.23 Å². The van der Waals surface area contributed by atoms with Crippen LogP contribution in [-0.4, -0.2) is 38.8 Å². The fraction of sp³-hybridized carbons (Fsp3) is 0.263. The first kappa shape index (κ1) is 22.5. The highest BCUT2D eigenvalue weighted by atomic mass is 32.2. The first-order valence-electron chi connectivity index (χ1n) is 8.73. The molecule has 156 valence electrons. The molecule has 0 radical (unpaired) electrons. The second-order valence-electron chi connectivity index (χ2n) is 5.87. The highest BCUT2D eigenvalue weighted by molar-refractivity contribution is 7.90. The maximum absolute atomic E-state index is 12.9. The van der Waals surface area contributed by atoms with Gasteiger partial charge in [0.1, 0.15) is 0 Å². The lowest BCUT2D eigenvalue weighted by molar-refractivity contribution is -0.991. The molecule has 0 heterocycles. The summed E-state index contributed by atoms with van der Waals surface area (Å²) in [5.74, 6) is -2.17. The van der Waals surface area contributed by atoms with Crippen LogP contribution in [0.5, 0.6) is 0 Å². The summed E-state index contributed by atoms with van der Waals surface area (Å²) >= 11 is 0. The summed E-state index contributed by atoms with van der Waals surface area (Å²) in [4.78, 5) is 23.7. The minimum atomic E-state index is -4.09. The molecule has 2 aromatic carbocycles. The van der Waals surface area contributed by atoms with Crippen molar-refractivity contribution in [1.82, 2.24) is 0 Å². The average Bonchev–Trinajstić information content (AvgIpc) is 2.68. The zero-order chi connectivity index (χ0) is 21.6. The minimum Gasteiger partial charge on any atom is -0.595 e. The number of benzene rings is 2. The number of sulfone groups is 1. The maximum Gasteiger partial charge on any atom is 0.339 e. The van der Waals surface area contributed by atoms with E-state index in [1.54, 1.807) is 13.8 Å². The van der Waals surface area contributed by atoms with Crippen LogP contribution in [0.15, 0.2) is 47.4 Å². The van der Waals surface area contributed by atoms with E-state index in [9.17, 15) is 28.4 Å². The first-order chi connectivity index (χ1) is 13.7. The quantitative estimate of drug-likeness (QED) is 0.481. The molecule has 1 atom stereocenters. The van der Waals surface area contributed by atoms with Crippen molar-refractivity contribution in [2.75, 3.05) is 13.2 Å². The average molecular weight is 423 g/mol. The van der Waals surface area contributed by atoms with E-state index in [1.165, 1.54) is 36.4 Å². The molecule has 2 N–H and O–H groups in total. The smallest absolute Gasteiger partial charge is 0.339 e. The van der Waals surface area contributed by atoms with Gasteiger partial charge >= 0.3 is 11.9 Å². The van der Waals surface area contributed by atoms with Crippen LogP contribution in [0.3, 0.4) is 0 Å². The largest absolute Gasteiger partial charge is 0.595 e. The van der Waals surface area contributed by atoms with E-state index in [0.717, 1.165) is 6.07 Å². The Balaban J connectivity index is 2.45. The Hall–Kier alpha value is -2.79. The van der Waals surface area contributed by atoms with E-state index in [-0.39, 0.29) is 40.5 Å². The van der Waals surface area contributed by atoms with Crippen molar-refractivity contribution in [3.63, 3.8) is 0 Å². The maximum atomic E-state index is 12.9. The summed E-state index contributed by atoms with van der Waals surface area (Å²) in [5, 5.41) is 19.7. The zero-order valence-corrected chi connectivity index (χ0v) is 16.7. The summed E-state index contributed by atoms with van der Waals surface area (Å²) in [5.41, 5.74) is -0.497. The number of nitrogens with one attached hydrogen (secondary N) is 1. The Morgan fingerprint density at radius 3 is 2.28 bits per heavy atom. The van der Waals surface area contributed by atoms with Gasteiger partial charge in [0.2, 0.25) is 0 Å². The van der Waals surface area contributed by atoms with E-state index in [1.807, 2.05) is 0 Å². The van der Waals surface area contributed by atoms with Crippen molar-refractivity contribution < 1.29 is 37.9 Å². The number of rotatable bonds is 8. The van der Waals surface area contributed by atoms with Crippen molar-refractivity contribution >= 4 is 27.5 Å². The molecule has 29 heavy (non-hydrogen) atoms. The zero-order valence-electron chi connectivity index (χ0n) is 15.9. The van der Waals surface area contributed by atoms with Crippen LogP contribution in [0.4, 0.5) is 5.69 Å². The van der Waals surface area contributed by atoms with Crippen LogP contribution in [0.1, 0.15) is 40.1 Å². The molecule has 0 bridgehead atoms. The first-order valence-corrected chi connectivity index (χ1v) is 10.4. The highest BCUT2D eigenvalue weighted by Crippen LogP contribution is 2.24. The molecule has 0 aliphatic carbocycles. The molecular formula is C19H21NO8S. The fourth-order valence-corrected chi connectivity index (χ4v) is 4.23. The molecule has 0 aliphatic heterocycles. The number of hydrogen-bond acceptors (Lipinski definition) is 8. The lowest BCUT2D eigenvalue weighted by Crippen LogP contribution is -2.99. The molecular weight excluding hydrogens is 402 g/mol. The van der Waals surface area contributed by atoms with Crippen molar-refractivity contribution in [1.29, 1.82) is 0 Å². The van der Waals surface area contributed by atoms with E-state index in [0.29, 0.717) is 0 Å². The van der Waals surface area contributed by atoms with E-state index < -0.39 is 32.8 Å². The van der Waals surface area contributed by atoms with Crippen LogP contribution < -0.4 is 5.23 Å². The van der Waals surface area contributed by atoms with Gasteiger partial charge in [-0.3, -0.25) is 0 Å². The van der Waals surface area contributed by atoms with E-state index in [2.05, 4.69) is 0 Å². The van der Waals surface area contributed by atoms with Crippen molar-refractivity contribution in [3.05, 3.63) is 64.4 Å². The van der Waals surface area contributed by atoms with Crippen LogP contribution in [-0.2, 0) is 25.1 Å². The van der Waals surface area contributed by atoms with Crippen molar-refractivity contribution in [3.8, 4) is 0 Å². The Morgan fingerprint density at radius 1 is 1.03 bits per heavy atom. The Morgan fingerprint density at radius 2 is 1.66 bits per heavy atom. The van der Waals surface area contributed by atoms with Gasteiger partial charge in [0.15, 0.2) is 15.5 Å². The van der Waals surface area contributed by atoms with Crippen LogP contribution in [0.2, 0.25) is 0 Å². The number of hydrogen-bond donors (Lipinski definition) is 2. The molecule has 0 amide bonds. The third-order valence-corrected chi connectivity index (χ3v) is 5.63. The molecule has 0 fully saturated rings. The molecule has 10 heteroatoms. The topological polar surface area (TPSA) is 134 Å². The predicted octanol–water partition coefficient (Wildman–Crippen LogP) is 1.42. The second kappa shape index (κ2) is 9.61. The minimum absolute atomic E-state index is 0.00248. The summed E-state index contributed by atoms with van der Waals surface area (Å²) in [6.07, 6.45) is 0. The number of esters is 2. The second-order valence-corrected chi connectivity index (χ2v) is 7.83. The van der Waals surface area contributed by atoms with Gasteiger partial charge in [-0.15, -0.1) is 0 Å². The molecule has 2 aromatic rings. The van der Waals surface area contributed by atoms with E-state index in [4.69, 9.17) is 9.47 Å². The molecule has 0 aliphatic rings. The summed E-state index contributed by atoms with van der Waals surface area (Å²) in [7, 11) is -4.09. The van der Waals surface area contributed by atoms with Gasteiger partial charge in [-0.1, -0.05) is 18.2 Å². The number of carbonyl (C=O) groups excluding carboxylic acids is 2. The van der Waals surface area contributed by atoms with Gasteiger partial charge in [0.25, 0.3) is 0 Å². The van der Waals surface area contributed by atoms with Gasteiger partial charge in [-0.25, -0.2) is 23.2 Å². The number of ether oxygens (including phenoxy) is 2. The Kier molecular flexibility index (Phi) is 7.46. The molecule has 0 saturated carbocycles. The lowest BCUT2D eigenvalue weighted by atomic mass is 10.1. The fourth-order valence-electron chi connectivity index (χ4n) is 2.64. The lowest BCUT2D eigenvalue weighted by Gasteiger charge is -2.17.